The maximum absolute atomic E-state index is 12.0. The van der Waals surface area contributed by atoms with Crippen LogP contribution in [0.1, 0.15) is 20.8 Å². The number of rotatable bonds is 4. The van der Waals surface area contributed by atoms with Crippen molar-refractivity contribution in [2.45, 2.75) is 25.7 Å². The molecule has 100 valence electrons. The summed E-state index contributed by atoms with van der Waals surface area (Å²) < 4.78 is 26.4. The van der Waals surface area contributed by atoms with Crippen LogP contribution in [-0.2, 0) is 10.0 Å². The van der Waals surface area contributed by atoms with Gasteiger partial charge in [0.25, 0.3) is 5.69 Å². The van der Waals surface area contributed by atoms with Crippen LogP contribution in [0.5, 0.6) is 0 Å². The lowest BCUT2D eigenvalue weighted by Crippen LogP contribution is -2.32. The number of nitrogens with one attached hydrogen (secondary N) is 1. The van der Waals surface area contributed by atoms with Crippen LogP contribution in [0.3, 0.4) is 0 Å². The second-order valence-electron chi connectivity index (χ2n) is 5.11. The number of para-hydroxylation sites is 1. The predicted octanol–water partition coefficient (Wildman–Crippen LogP) is 1.92. The minimum atomic E-state index is -3.86. The molecule has 18 heavy (non-hydrogen) atoms. The maximum atomic E-state index is 12.0. The Labute approximate surface area is 106 Å². The van der Waals surface area contributed by atoms with Gasteiger partial charge >= 0.3 is 0 Å². The molecule has 0 aliphatic carbocycles. The summed E-state index contributed by atoms with van der Waals surface area (Å²) in [4.78, 5) is 9.77. The van der Waals surface area contributed by atoms with Gasteiger partial charge in [-0.05, 0) is 11.5 Å². The fraction of sp³-hybridized carbons (Fsp3) is 0.455. The Balaban J connectivity index is 3.10. The largest absolute Gasteiger partial charge is 0.289 e. The molecule has 0 atom stereocenters. The summed E-state index contributed by atoms with van der Waals surface area (Å²) in [6, 6.07) is 5.29. The summed E-state index contributed by atoms with van der Waals surface area (Å²) in [7, 11) is -3.86. The molecule has 0 aliphatic rings. The zero-order valence-electron chi connectivity index (χ0n) is 10.5. The molecule has 1 aromatic carbocycles. The molecule has 0 aromatic heterocycles. The summed E-state index contributed by atoms with van der Waals surface area (Å²) >= 11 is 0. The summed E-state index contributed by atoms with van der Waals surface area (Å²) in [5.74, 6) is 0. The topological polar surface area (TPSA) is 89.3 Å². The molecule has 6 nitrogen and oxygen atoms in total. The van der Waals surface area contributed by atoms with Crippen molar-refractivity contribution in [3.63, 3.8) is 0 Å². The van der Waals surface area contributed by atoms with Crippen LogP contribution >= 0.6 is 0 Å². The SMILES string of the molecule is CC(C)(C)CNS(=O)(=O)c1ccccc1[N+](=O)[O-]. The van der Waals surface area contributed by atoms with E-state index in [0.29, 0.717) is 0 Å². The third-order valence-electron chi connectivity index (χ3n) is 2.14. The number of nitro groups is 1. The summed E-state index contributed by atoms with van der Waals surface area (Å²) in [5, 5.41) is 10.8. The number of nitro benzene ring substituents is 1. The van der Waals surface area contributed by atoms with E-state index in [4.69, 9.17) is 0 Å². The first-order valence-electron chi connectivity index (χ1n) is 5.36. The van der Waals surface area contributed by atoms with Gasteiger partial charge in [-0.1, -0.05) is 32.9 Å². The third-order valence-corrected chi connectivity index (χ3v) is 3.59. The molecule has 0 radical (unpaired) electrons. The molecule has 0 amide bonds. The van der Waals surface area contributed by atoms with Crippen LogP contribution in [0.15, 0.2) is 29.2 Å². The van der Waals surface area contributed by atoms with Gasteiger partial charge < -0.3 is 0 Å². The molecular weight excluding hydrogens is 256 g/mol. The predicted molar refractivity (Wildman–Crippen MR) is 67.7 cm³/mol. The van der Waals surface area contributed by atoms with Crippen molar-refractivity contribution in [2.24, 2.45) is 5.41 Å². The van der Waals surface area contributed by atoms with Gasteiger partial charge in [0.2, 0.25) is 10.0 Å². The van der Waals surface area contributed by atoms with E-state index in [1.165, 1.54) is 24.3 Å². The summed E-state index contributed by atoms with van der Waals surface area (Å²) in [5.41, 5.74) is -0.657. The molecular formula is C11H16N2O4S. The highest BCUT2D eigenvalue weighted by Gasteiger charge is 2.26. The molecule has 1 aromatic rings. The molecule has 0 heterocycles. The highest BCUT2D eigenvalue weighted by molar-refractivity contribution is 7.89. The highest BCUT2D eigenvalue weighted by Crippen LogP contribution is 2.23. The van der Waals surface area contributed by atoms with E-state index in [1.807, 2.05) is 20.8 Å². The van der Waals surface area contributed by atoms with Crippen molar-refractivity contribution in [1.82, 2.24) is 4.72 Å². The Kier molecular flexibility index (Phi) is 4.08. The number of hydrogen-bond donors (Lipinski definition) is 1. The lowest BCUT2D eigenvalue weighted by molar-refractivity contribution is -0.387. The maximum Gasteiger partial charge on any atom is 0.289 e. The average Bonchev–Trinajstić information content (AvgIpc) is 2.26. The molecule has 0 saturated heterocycles. The monoisotopic (exact) mass is 272 g/mol. The van der Waals surface area contributed by atoms with Crippen LogP contribution in [0, 0.1) is 15.5 Å². The number of sulfonamides is 1. The van der Waals surface area contributed by atoms with Crippen molar-refractivity contribution in [3.05, 3.63) is 34.4 Å². The van der Waals surface area contributed by atoms with Crippen LogP contribution in [0.2, 0.25) is 0 Å². The Morgan fingerprint density at radius 2 is 1.83 bits per heavy atom. The highest BCUT2D eigenvalue weighted by atomic mass is 32.2. The van der Waals surface area contributed by atoms with Gasteiger partial charge in [0.05, 0.1) is 4.92 Å². The Morgan fingerprint density at radius 3 is 2.33 bits per heavy atom. The first-order valence-corrected chi connectivity index (χ1v) is 6.85. The van der Waals surface area contributed by atoms with E-state index in [-0.39, 0.29) is 16.9 Å². The molecule has 0 aliphatic heterocycles. The van der Waals surface area contributed by atoms with Crippen LogP contribution in [0.4, 0.5) is 5.69 Å². The smallest absolute Gasteiger partial charge is 0.258 e. The minimum absolute atomic E-state index is 0.210. The van der Waals surface area contributed by atoms with Gasteiger partial charge in [-0.25, -0.2) is 13.1 Å². The zero-order chi connectivity index (χ0) is 14.0. The van der Waals surface area contributed by atoms with E-state index < -0.39 is 20.6 Å². The summed E-state index contributed by atoms with van der Waals surface area (Å²) in [6.07, 6.45) is 0. The normalized spacial score (nSPS) is 12.4. The number of hydrogen-bond acceptors (Lipinski definition) is 4. The molecule has 0 bridgehead atoms. The zero-order valence-corrected chi connectivity index (χ0v) is 11.3. The molecule has 1 rings (SSSR count). The van der Waals surface area contributed by atoms with E-state index >= 15 is 0 Å². The van der Waals surface area contributed by atoms with Crippen molar-refractivity contribution >= 4 is 15.7 Å². The van der Waals surface area contributed by atoms with Gasteiger partial charge in [-0.15, -0.1) is 0 Å². The van der Waals surface area contributed by atoms with Gasteiger partial charge in [0.15, 0.2) is 4.90 Å². The van der Waals surface area contributed by atoms with E-state index in [2.05, 4.69) is 4.72 Å². The van der Waals surface area contributed by atoms with Crippen LogP contribution < -0.4 is 4.72 Å². The van der Waals surface area contributed by atoms with Gasteiger partial charge in [-0.2, -0.15) is 0 Å². The molecule has 1 N–H and O–H groups in total. The van der Waals surface area contributed by atoms with Crippen molar-refractivity contribution in [2.75, 3.05) is 6.54 Å². The van der Waals surface area contributed by atoms with Crippen LogP contribution in [0.25, 0.3) is 0 Å². The van der Waals surface area contributed by atoms with Gasteiger partial charge in [-0.3, -0.25) is 10.1 Å². The van der Waals surface area contributed by atoms with Gasteiger partial charge in [0.1, 0.15) is 0 Å². The minimum Gasteiger partial charge on any atom is -0.258 e. The molecule has 7 heteroatoms. The van der Waals surface area contributed by atoms with Crippen molar-refractivity contribution in [1.29, 1.82) is 0 Å². The van der Waals surface area contributed by atoms with E-state index in [1.54, 1.807) is 0 Å². The lowest BCUT2D eigenvalue weighted by atomic mass is 9.98. The van der Waals surface area contributed by atoms with E-state index in [0.717, 1.165) is 0 Å². The standard InChI is InChI=1S/C11H16N2O4S/c1-11(2,3)8-12-18(16,17)10-7-5-4-6-9(10)13(14)15/h4-7,12H,8H2,1-3H3. The van der Waals surface area contributed by atoms with Crippen molar-refractivity contribution in [3.8, 4) is 0 Å². The second-order valence-corrected chi connectivity index (χ2v) is 6.85. The second kappa shape index (κ2) is 5.03. The molecule has 0 saturated carbocycles. The average molecular weight is 272 g/mol. The first kappa shape index (κ1) is 14.6. The first-order chi connectivity index (χ1) is 8.13. The van der Waals surface area contributed by atoms with Crippen molar-refractivity contribution < 1.29 is 13.3 Å². The van der Waals surface area contributed by atoms with E-state index in [9.17, 15) is 18.5 Å². The quantitative estimate of drug-likeness (QED) is 0.669. The lowest BCUT2D eigenvalue weighted by Gasteiger charge is -2.18. The summed E-state index contributed by atoms with van der Waals surface area (Å²) in [6.45, 7) is 5.82. The molecule has 0 unspecified atom stereocenters. The van der Waals surface area contributed by atoms with Crippen LogP contribution in [-0.4, -0.2) is 19.9 Å². The fourth-order valence-corrected chi connectivity index (χ4v) is 2.68. The Hall–Kier alpha value is -1.47. The number of nitrogens with zero attached hydrogens (tertiary/aromatic N) is 1. The Morgan fingerprint density at radius 1 is 1.28 bits per heavy atom. The number of benzene rings is 1. The molecule has 0 spiro atoms. The Bertz CT molecular complexity index is 546. The molecule has 0 fully saturated rings. The van der Waals surface area contributed by atoms with Gasteiger partial charge in [0, 0.05) is 12.6 Å². The fourth-order valence-electron chi connectivity index (χ4n) is 1.22. The third kappa shape index (κ3) is 3.78.